The van der Waals surface area contributed by atoms with Crippen LogP contribution in [0.25, 0.3) is 10.9 Å². The van der Waals surface area contributed by atoms with Crippen molar-refractivity contribution in [1.82, 2.24) is 4.57 Å². The van der Waals surface area contributed by atoms with Crippen LogP contribution in [0.1, 0.15) is 37.7 Å². The molecule has 1 aromatic carbocycles. The van der Waals surface area contributed by atoms with E-state index in [0.29, 0.717) is 0 Å². The maximum atomic E-state index is 5.63. The summed E-state index contributed by atoms with van der Waals surface area (Å²) >= 11 is 0. The average Bonchev–Trinajstić information content (AvgIpc) is 2.83. The summed E-state index contributed by atoms with van der Waals surface area (Å²) in [5.41, 5.74) is 8.36. The van der Waals surface area contributed by atoms with Crippen molar-refractivity contribution in [2.75, 3.05) is 6.54 Å². The third kappa shape index (κ3) is 2.84. The molecular weight excluding hydrogens is 232 g/mol. The van der Waals surface area contributed by atoms with Gasteiger partial charge in [0.2, 0.25) is 0 Å². The minimum Gasteiger partial charge on any atom is -0.347 e. The SMILES string of the molecule is NCCc1ccc2c(ccn2CC2CCCCC2)c1. The van der Waals surface area contributed by atoms with Gasteiger partial charge in [-0.3, -0.25) is 0 Å². The maximum absolute atomic E-state index is 5.63. The highest BCUT2D eigenvalue weighted by Crippen LogP contribution is 2.27. The quantitative estimate of drug-likeness (QED) is 0.888. The predicted octanol–water partition coefficient (Wildman–Crippen LogP) is 3.72. The summed E-state index contributed by atoms with van der Waals surface area (Å²) in [6.45, 7) is 1.92. The Morgan fingerprint density at radius 2 is 1.95 bits per heavy atom. The first-order chi connectivity index (χ1) is 9.36. The number of hydrogen-bond acceptors (Lipinski definition) is 1. The van der Waals surface area contributed by atoms with Crippen molar-refractivity contribution in [2.45, 2.75) is 45.1 Å². The summed E-state index contributed by atoms with van der Waals surface area (Å²) in [5.74, 6) is 0.882. The van der Waals surface area contributed by atoms with Gasteiger partial charge in [-0.05, 0) is 60.9 Å². The first kappa shape index (κ1) is 12.7. The van der Waals surface area contributed by atoms with Crippen molar-refractivity contribution in [2.24, 2.45) is 11.7 Å². The molecule has 0 radical (unpaired) electrons. The molecule has 0 atom stereocenters. The minimum atomic E-state index is 0.730. The maximum Gasteiger partial charge on any atom is 0.0480 e. The van der Waals surface area contributed by atoms with E-state index in [4.69, 9.17) is 5.73 Å². The number of fused-ring (bicyclic) bond motifs is 1. The lowest BCUT2D eigenvalue weighted by Crippen LogP contribution is -2.13. The van der Waals surface area contributed by atoms with Gasteiger partial charge in [-0.25, -0.2) is 0 Å². The molecule has 0 unspecified atom stereocenters. The van der Waals surface area contributed by atoms with Crippen molar-refractivity contribution in [3.05, 3.63) is 36.0 Å². The highest BCUT2D eigenvalue weighted by Gasteiger charge is 2.14. The molecule has 102 valence electrons. The summed E-state index contributed by atoms with van der Waals surface area (Å²) in [6, 6.07) is 9.04. The Labute approximate surface area is 115 Å². The molecule has 1 fully saturated rings. The Balaban J connectivity index is 1.80. The van der Waals surface area contributed by atoms with Gasteiger partial charge in [-0.15, -0.1) is 0 Å². The molecule has 3 rings (SSSR count). The highest BCUT2D eigenvalue weighted by molar-refractivity contribution is 5.80. The lowest BCUT2D eigenvalue weighted by Gasteiger charge is -2.22. The smallest absolute Gasteiger partial charge is 0.0480 e. The van der Waals surface area contributed by atoms with Crippen molar-refractivity contribution < 1.29 is 0 Å². The summed E-state index contributed by atoms with van der Waals surface area (Å²) in [6.07, 6.45) is 10.3. The first-order valence-corrected chi connectivity index (χ1v) is 7.64. The lowest BCUT2D eigenvalue weighted by atomic mass is 9.89. The molecule has 0 aliphatic heterocycles. The van der Waals surface area contributed by atoms with E-state index in [1.807, 2.05) is 0 Å². The topological polar surface area (TPSA) is 30.9 Å². The fourth-order valence-electron chi connectivity index (χ4n) is 3.38. The lowest BCUT2D eigenvalue weighted by molar-refractivity contribution is 0.322. The van der Waals surface area contributed by atoms with Crippen molar-refractivity contribution in [3.8, 4) is 0 Å². The normalized spacial score (nSPS) is 17.1. The molecule has 2 nitrogen and oxygen atoms in total. The molecule has 1 heterocycles. The molecule has 2 heteroatoms. The van der Waals surface area contributed by atoms with Crippen LogP contribution in [0.5, 0.6) is 0 Å². The van der Waals surface area contributed by atoms with E-state index in [1.165, 1.54) is 55.1 Å². The second kappa shape index (κ2) is 5.79. The van der Waals surface area contributed by atoms with Crippen molar-refractivity contribution >= 4 is 10.9 Å². The zero-order valence-corrected chi connectivity index (χ0v) is 11.6. The van der Waals surface area contributed by atoms with E-state index in [9.17, 15) is 0 Å². The van der Waals surface area contributed by atoms with Crippen molar-refractivity contribution in [1.29, 1.82) is 0 Å². The van der Waals surface area contributed by atoms with Crippen LogP contribution in [0.2, 0.25) is 0 Å². The Hall–Kier alpha value is -1.28. The van der Waals surface area contributed by atoms with E-state index in [0.717, 1.165) is 18.9 Å². The van der Waals surface area contributed by atoms with Gasteiger partial charge in [-0.2, -0.15) is 0 Å². The van der Waals surface area contributed by atoms with Gasteiger partial charge in [0, 0.05) is 18.3 Å². The van der Waals surface area contributed by atoms with Crippen LogP contribution < -0.4 is 5.73 Å². The van der Waals surface area contributed by atoms with Gasteiger partial charge in [0.05, 0.1) is 0 Å². The molecule has 19 heavy (non-hydrogen) atoms. The standard InChI is InChI=1S/C17H24N2/c18-10-8-14-6-7-17-16(12-14)9-11-19(17)13-15-4-2-1-3-5-15/h6-7,9,11-12,15H,1-5,8,10,13,18H2. The van der Waals surface area contributed by atoms with Crippen molar-refractivity contribution in [3.63, 3.8) is 0 Å². The molecular formula is C17H24N2. The second-order valence-corrected chi connectivity index (χ2v) is 5.90. The molecule has 0 saturated heterocycles. The van der Waals surface area contributed by atoms with Gasteiger partial charge < -0.3 is 10.3 Å². The summed E-state index contributed by atoms with van der Waals surface area (Å²) in [4.78, 5) is 0. The number of rotatable bonds is 4. The molecule has 2 N–H and O–H groups in total. The summed E-state index contributed by atoms with van der Waals surface area (Å²) in [7, 11) is 0. The van der Waals surface area contributed by atoms with Crippen LogP contribution in [0, 0.1) is 5.92 Å². The Morgan fingerprint density at radius 1 is 1.11 bits per heavy atom. The third-order valence-electron chi connectivity index (χ3n) is 4.45. The first-order valence-electron chi connectivity index (χ1n) is 7.64. The molecule has 0 bridgehead atoms. The largest absolute Gasteiger partial charge is 0.347 e. The fourth-order valence-corrected chi connectivity index (χ4v) is 3.38. The van der Waals surface area contributed by atoms with Gasteiger partial charge >= 0.3 is 0 Å². The van der Waals surface area contributed by atoms with E-state index < -0.39 is 0 Å². The van der Waals surface area contributed by atoms with Crippen LogP contribution >= 0.6 is 0 Å². The zero-order valence-electron chi connectivity index (χ0n) is 11.6. The Kier molecular flexibility index (Phi) is 3.88. The Bertz CT molecular complexity index is 535. The molecule has 0 amide bonds. The van der Waals surface area contributed by atoms with Crippen LogP contribution in [0.15, 0.2) is 30.5 Å². The van der Waals surface area contributed by atoms with Crippen LogP contribution in [-0.2, 0) is 13.0 Å². The Morgan fingerprint density at radius 3 is 2.74 bits per heavy atom. The number of aromatic nitrogens is 1. The molecule has 1 aliphatic rings. The minimum absolute atomic E-state index is 0.730. The fraction of sp³-hybridized carbons (Fsp3) is 0.529. The zero-order chi connectivity index (χ0) is 13.1. The molecule has 1 aliphatic carbocycles. The van der Waals surface area contributed by atoms with Crippen LogP contribution in [-0.4, -0.2) is 11.1 Å². The molecule has 1 saturated carbocycles. The number of nitrogens with zero attached hydrogens (tertiary/aromatic N) is 1. The van der Waals surface area contributed by atoms with Gasteiger partial charge in [0.25, 0.3) is 0 Å². The molecule has 2 aromatic rings. The van der Waals surface area contributed by atoms with Crippen LogP contribution in [0.4, 0.5) is 0 Å². The van der Waals surface area contributed by atoms with Gasteiger partial charge in [0.15, 0.2) is 0 Å². The summed E-state index contributed by atoms with van der Waals surface area (Å²) in [5, 5.41) is 1.36. The second-order valence-electron chi connectivity index (χ2n) is 5.90. The van der Waals surface area contributed by atoms with Gasteiger partial charge in [-0.1, -0.05) is 25.3 Å². The van der Waals surface area contributed by atoms with Crippen LogP contribution in [0.3, 0.4) is 0 Å². The predicted molar refractivity (Wildman–Crippen MR) is 81.3 cm³/mol. The number of nitrogens with two attached hydrogens (primary N) is 1. The average molecular weight is 256 g/mol. The van der Waals surface area contributed by atoms with E-state index >= 15 is 0 Å². The monoisotopic (exact) mass is 256 g/mol. The van der Waals surface area contributed by atoms with E-state index in [2.05, 4.69) is 35.0 Å². The number of benzene rings is 1. The highest BCUT2D eigenvalue weighted by atomic mass is 15.0. The summed E-state index contributed by atoms with van der Waals surface area (Å²) < 4.78 is 2.44. The molecule has 0 spiro atoms. The third-order valence-corrected chi connectivity index (χ3v) is 4.45. The van der Waals surface area contributed by atoms with E-state index in [-0.39, 0.29) is 0 Å². The van der Waals surface area contributed by atoms with Gasteiger partial charge in [0.1, 0.15) is 0 Å². The van der Waals surface area contributed by atoms with E-state index in [1.54, 1.807) is 0 Å². The number of hydrogen-bond donors (Lipinski definition) is 1. The molecule has 1 aromatic heterocycles.